The third kappa shape index (κ3) is 4.17. The highest BCUT2D eigenvalue weighted by Gasteiger charge is 2.30. The molecular formula is C26H31Cl2N3O. The van der Waals surface area contributed by atoms with Crippen LogP contribution in [0.5, 0.6) is 5.75 Å². The van der Waals surface area contributed by atoms with Crippen molar-refractivity contribution in [3.63, 3.8) is 0 Å². The van der Waals surface area contributed by atoms with Crippen molar-refractivity contribution in [3.05, 3.63) is 70.4 Å². The van der Waals surface area contributed by atoms with Gasteiger partial charge in [-0.05, 0) is 72.9 Å². The summed E-state index contributed by atoms with van der Waals surface area (Å²) in [6.07, 6.45) is 4.99. The number of fused-ring (bicyclic) bond motifs is 1. The van der Waals surface area contributed by atoms with Crippen molar-refractivity contribution >= 4 is 24.0 Å². The molecule has 0 saturated carbocycles. The summed E-state index contributed by atoms with van der Waals surface area (Å²) in [5.41, 5.74) is 7.68. The molecule has 0 amide bonds. The van der Waals surface area contributed by atoms with Gasteiger partial charge in [0.2, 0.25) is 0 Å². The first-order valence-corrected chi connectivity index (χ1v) is 11.7. The van der Waals surface area contributed by atoms with Gasteiger partial charge in [-0.15, -0.1) is 12.4 Å². The van der Waals surface area contributed by atoms with Crippen molar-refractivity contribution in [2.75, 3.05) is 26.7 Å². The molecule has 0 aliphatic carbocycles. The lowest BCUT2D eigenvalue weighted by Gasteiger charge is -2.40. The van der Waals surface area contributed by atoms with Crippen molar-refractivity contribution in [3.8, 4) is 22.7 Å². The Morgan fingerprint density at radius 1 is 0.875 bits per heavy atom. The maximum Gasteiger partial charge on any atom is 0.118 e. The van der Waals surface area contributed by atoms with Crippen LogP contribution in [-0.2, 0) is 13.0 Å². The normalized spacial score (nSPS) is 17.0. The summed E-state index contributed by atoms with van der Waals surface area (Å²) in [4.78, 5) is 0. The molecule has 170 valence electrons. The molecule has 0 N–H and O–H groups in total. The molecule has 4 nitrogen and oxygen atoms in total. The van der Waals surface area contributed by atoms with Crippen molar-refractivity contribution in [1.82, 2.24) is 14.6 Å². The quantitative estimate of drug-likeness (QED) is 0.445. The summed E-state index contributed by atoms with van der Waals surface area (Å²) < 4.78 is 7.80. The first kappa shape index (κ1) is 23.2. The standard InChI is InChI=1S/C26H30ClN3O.ClH/c1-19-22-18-29(28-15-6-3-7-16-28)17-14-24(22)30(25-9-5-4-8-23(25)27)26(19)20-10-12-21(31-2)13-11-20;/h4-5,8-13H,3,6-7,14-18H2,1-2H3;1H. The lowest BCUT2D eigenvalue weighted by molar-refractivity contribution is -0.0510. The Bertz CT molecular complexity index is 1070. The van der Waals surface area contributed by atoms with Gasteiger partial charge in [0.1, 0.15) is 5.75 Å². The molecule has 3 heterocycles. The van der Waals surface area contributed by atoms with E-state index in [0.717, 1.165) is 36.0 Å². The molecule has 0 bridgehead atoms. The Morgan fingerprint density at radius 2 is 1.59 bits per heavy atom. The van der Waals surface area contributed by atoms with E-state index in [2.05, 4.69) is 45.8 Å². The number of piperidine rings is 1. The molecule has 1 fully saturated rings. The van der Waals surface area contributed by atoms with Crippen LogP contribution in [0.15, 0.2) is 48.5 Å². The first-order chi connectivity index (χ1) is 15.2. The highest BCUT2D eigenvalue weighted by Crippen LogP contribution is 2.39. The number of ether oxygens (including phenoxy) is 1. The summed E-state index contributed by atoms with van der Waals surface area (Å²) in [5.74, 6) is 0.873. The van der Waals surface area contributed by atoms with E-state index in [-0.39, 0.29) is 12.4 Å². The Kier molecular flexibility index (Phi) is 7.16. The molecule has 0 radical (unpaired) electrons. The molecule has 32 heavy (non-hydrogen) atoms. The molecule has 1 saturated heterocycles. The van der Waals surface area contributed by atoms with Crippen LogP contribution in [0.4, 0.5) is 0 Å². The highest BCUT2D eigenvalue weighted by molar-refractivity contribution is 6.32. The minimum atomic E-state index is 0. The molecule has 2 aliphatic heterocycles. The summed E-state index contributed by atoms with van der Waals surface area (Å²) in [6.45, 7) is 6.67. The summed E-state index contributed by atoms with van der Waals surface area (Å²) in [7, 11) is 1.71. The fraction of sp³-hybridized carbons (Fsp3) is 0.385. The molecule has 2 aliphatic rings. The third-order valence-electron chi connectivity index (χ3n) is 6.79. The van der Waals surface area contributed by atoms with Crippen LogP contribution in [0.3, 0.4) is 0 Å². The number of hydrazine groups is 1. The number of hydrogen-bond donors (Lipinski definition) is 0. The van der Waals surface area contributed by atoms with Gasteiger partial charge in [0.25, 0.3) is 0 Å². The maximum absolute atomic E-state index is 6.71. The van der Waals surface area contributed by atoms with Crippen molar-refractivity contribution < 1.29 is 4.74 Å². The smallest absolute Gasteiger partial charge is 0.118 e. The monoisotopic (exact) mass is 471 g/mol. The zero-order valence-corrected chi connectivity index (χ0v) is 20.4. The number of halogens is 2. The first-order valence-electron chi connectivity index (χ1n) is 11.3. The van der Waals surface area contributed by atoms with Gasteiger partial charge in [0, 0.05) is 38.3 Å². The second kappa shape index (κ2) is 9.88. The minimum absolute atomic E-state index is 0. The number of aromatic nitrogens is 1. The number of methoxy groups -OCH3 is 1. The lowest BCUT2D eigenvalue weighted by Crippen LogP contribution is -2.47. The second-order valence-electron chi connectivity index (χ2n) is 8.57. The zero-order chi connectivity index (χ0) is 21.4. The fourth-order valence-corrected chi connectivity index (χ4v) is 5.38. The zero-order valence-electron chi connectivity index (χ0n) is 18.8. The topological polar surface area (TPSA) is 20.6 Å². The Labute approximate surface area is 202 Å². The number of para-hydroxylation sites is 1. The van der Waals surface area contributed by atoms with E-state index in [1.165, 1.54) is 60.4 Å². The van der Waals surface area contributed by atoms with Crippen LogP contribution in [0.1, 0.15) is 36.1 Å². The van der Waals surface area contributed by atoms with E-state index in [9.17, 15) is 0 Å². The number of rotatable bonds is 4. The van der Waals surface area contributed by atoms with Gasteiger partial charge in [-0.3, -0.25) is 0 Å². The number of nitrogens with zero attached hydrogens (tertiary/aromatic N) is 3. The van der Waals surface area contributed by atoms with E-state index < -0.39 is 0 Å². The largest absolute Gasteiger partial charge is 0.497 e. The second-order valence-corrected chi connectivity index (χ2v) is 8.97. The van der Waals surface area contributed by atoms with E-state index in [4.69, 9.17) is 16.3 Å². The minimum Gasteiger partial charge on any atom is -0.497 e. The van der Waals surface area contributed by atoms with Gasteiger partial charge in [0.05, 0.1) is 23.5 Å². The average Bonchev–Trinajstić information content (AvgIpc) is 3.11. The van der Waals surface area contributed by atoms with E-state index in [1.54, 1.807) is 7.11 Å². The predicted octanol–water partition coefficient (Wildman–Crippen LogP) is 6.30. The SMILES string of the molecule is COc1ccc(-c2c(C)c3c(n2-c2ccccc2Cl)CCN(N2CCCCC2)C3)cc1.Cl. The molecule has 6 heteroatoms. The van der Waals surface area contributed by atoms with Crippen LogP contribution >= 0.6 is 24.0 Å². The van der Waals surface area contributed by atoms with Crippen LogP contribution < -0.4 is 4.74 Å². The van der Waals surface area contributed by atoms with Gasteiger partial charge < -0.3 is 9.30 Å². The van der Waals surface area contributed by atoms with Gasteiger partial charge in [-0.2, -0.15) is 0 Å². The molecule has 5 rings (SSSR count). The van der Waals surface area contributed by atoms with Gasteiger partial charge in [-0.25, -0.2) is 10.0 Å². The molecule has 1 aromatic heterocycles. The molecule has 0 unspecified atom stereocenters. The van der Waals surface area contributed by atoms with Crippen LogP contribution in [0.25, 0.3) is 16.9 Å². The van der Waals surface area contributed by atoms with Crippen molar-refractivity contribution in [2.24, 2.45) is 0 Å². The van der Waals surface area contributed by atoms with Gasteiger partial charge >= 0.3 is 0 Å². The van der Waals surface area contributed by atoms with E-state index >= 15 is 0 Å². The molecule has 0 spiro atoms. The molecular weight excluding hydrogens is 441 g/mol. The van der Waals surface area contributed by atoms with Crippen LogP contribution in [0, 0.1) is 6.92 Å². The van der Waals surface area contributed by atoms with Crippen LogP contribution in [0.2, 0.25) is 5.02 Å². The molecule has 0 atom stereocenters. The highest BCUT2D eigenvalue weighted by atomic mass is 35.5. The van der Waals surface area contributed by atoms with Crippen LogP contribution in [-0.4, -0.2) is 41.3 Å². The Balaban J connectivity index is 0.00000245. The lowest BCUT2D eigenvalue weighted by atomic mass is 10.0. The Morgan fingerprint density at radius 3 is 2.28 bits per heavy atom. The summed E-state index contributed by atoms with van der Waals surface area (Å²) >= 11 is 6.71. The number of benzene rings is 2. The van der Waals surface area contributed by atoms with E-state index in [1.807, 2.05) is 24.3 Å². The van der Waals surface area contributed by atoms with Gasteiger partial charge in [0.15, 0.2) is 0 Å². The predicted molar refractivity (Wildman–Crippen MR) is 134 cm³/mol. The summed E-state index contributed by atoms with van der Waals surface area (Å²) in [6, 6.07) is 16.6. The maximum atomic E-state index is 6.71. The summed E-state index contributed by atoms with van der Waals surface area (Å²) in [5, 5.41) is 5.93. The third-order valence-corrected chi connectivity index (χ3v) is 7.11. The average molecular weight is 472 g/mol. The molecule has 3 aromatic rings. The van der Waals surface area contributed by atoms with Gasteiger partial charge in [-0.1, -0.05) is 30.2 Å². The van der Waals surface area contributed by atoms with Crippen molar-refractivity contribution in [2.45, 2.75) is 39.2 Å². The van der Waals surface area contributed by atoms with E-state index in [0.29, 0.717) is 0 Å². The molecule has 2 aromatic carbocycles. The fourth-order valence-electron chi connectivity index (χ4n) is 5.16. The van der Waals surface area contributed by atoms with Crippen molar-refractivity contribution in [1.29, 1.82) is 0 Å². The Hall–Kier alpha value is -1.98. The number of hydrogen-bond acceptors (Lipinski definition) is 3.